The minimum absolute atomic E-state index is 0.0208. The molecular weight excluding hydrogens is 228 g/mol. The number of hydrogen-bond acceptors (Lipinski definition) is 3. The summed E-state index contributed by atoms with van der Waals surface area (Å²) in [6.07, 6.45) is 4.86. The number of likely N-dealkylation sites (N-methyl/N-ethyl adjacent to an activating group) is 1. The summed E-state index contributed by atoms with van der Waals surface area (Å²) in [6, 6.07) is 7.23. The highest BCUT2D eigenvalue weighted by Crippen LogP contribution is 2.19. The number of nitrogens with zero attached hydrogens (tertiary/aromatic N) is 1. The zero-order chi connectivity index (χ0) is 13.0. The molecule has 1 amide bonds. The predicted octanol–water partition coefficient (Wildman–Crippen LogP) is 1.89. The van der Waals surface area contributed by atoms with Gasteiger partial charge in [0.1, 0.15) is 5.75 Å². The van der Waals surface area contributed by atoms with E-state index in [2.05, 4.69) is 5.32 Å². The molecule has 2 rings (SSSR count). The van der Waals surface area contributed by atoms with Crippen LogP contribution in [-0.2, 0) is 4.79 Å². The van der Waals surface area contributed by atoms with E-state index in [4.69, 9.17) is 0 Å². The van der Waals surface area contributed by atoms with Crippen molar-refractivity contribution in [3.8, 4) is 5.75 Å². The first-order valence-corrected chi connectivity index (χ1v) is 6.46. The number of nitrogens with one attached hydrogen (secondary N) is 1. The second-order valence-electron chi connectivity index (χ2n) is 4.83. The van der Waals surface area contributed by atoms with Crippen LogP contribution in [0.1, 0.15) is 25.7 Å². The van der Waals surface area contributed by atoms with E-state index in [0.717, 1.165) is 0 Å². The fraction of sp³-hybridized carbons (Fsp3) is 0.500. The van der Waals surface area contributed by atoms with Crippen LogP contribution in [-0.4, -0.2) is 30.6 Å². The first-order valence-electron chi connectivity index (χ1n) is 6.46. The molecule has 0 unspecified atom stereocenters. The number of phenolic OH excluding ortho intramolecular Hbond substituents is 1. The molecule has 2 N–H and O–H groups in total. The fourth-order valence-electron chi connectivity index (χ4n) is 2.33. The van der Waals surface area contributed by atoms with Crippen molar-refractivity contribution in [2.75, 3.05) is 18.5 Å². The molecule has 1 aliphatic carbocycles. The lowest BCUT2D eigenvalue weighted by atomic mass is 10.2. The van der Waals surface area contributed by atoms with Crippen molar-refractivity contribution < 1.29 is 9.90 Å². The Morgan fingerprint density at radius 2 is 2.17 bits per heavy atom. The summed E-state index contributed by atoms with van der Waals surface area (Å²) >= 11 is 0. The van der Waals surface area contributed by atoms with Crippen molar-refractivity contribution >= 4 is 11.6 Å². The van der Waals surface area contributed by atoms with Gasteiger partial charge in [-0.3, -0.25) is 4.79 Å². The molecule has 0 aliphatic heterocycles. The quantitative estimate of drug-likeness (QED) is 0.855. The Morgan fingerprint density at radius 1 is 1.44 bits per heavy atom. The van der Waals surface area contributed by atoms with Crippen molar-refractivity contribution in [3.05, 3.63) is 24.3 Å². The number of benzene rings is 1. The van der Waals surface area contributed by atoms with E-state index in [0.29, 0.717) is 18.3 Å². The maximum Gasteiger partial charge on any atom is 0.240 e. The Bertz CT molecular complexity index is 414. The highest BCUT2D eigenvalue weighted by molar-refractivity contribution is 5.94. The van der Waals surface area contributed by atoms with Gasteiger partial charge in [0.25, 0.3) is 0 Å². The topological polar surface area (TPSA) is 52.6 Å². The lowest BCUT2D eigenvalue weighted by Gasteiger charge is -2.19. The monoisotopic (exact) mass is 248 g/mol. The van der Waals surface area contributed by atoms with E-state index in [1.54, 1.807) is 30.1 Å². The van der Waals surface area contributed by atoms with Crippen LogP contribution in [0.5, 0.6) is 5.75 Å². The molecule has 0 atom stereocenters. The minimum atomic E-state index is 0.0208. The first kappa shape index (κ1) is 12.9. The number of aromatic hydroxyl groups is 1. The van der Waals surface area contributed by atoms with E-state index in [9.17, 15) is 9.90 Å². The van der Waals surface area contributed by atoms with Crippen LogP contribution in [0.25, 0.3) is 0 Å². The molecule has 98 valence electrons. The average Bonchev–Trinajstić information content (AvgIpc) is 2.88. The molecule has 0 saturated heterocycles. The predicted molar refractivity (Wildman–Crippen MR) is 71.8 cm³/mol. The fourth-order valence-corrected chi connectivity index (χ4v) is 2.33. The number of amides is 1. The van der Waals surface area contributed by atoms with Gasteiger partial charge in [-0.05, 0) is 25.0 Å². The van der Waals surface area contributed by atoms with Crippen LogP contribution >= 0.6 is 0 Å². The van der Waals surface area contributed by atoms with Gasteiger partial charge in [0, 0.05) is 24.8 Å². The smallest absolute Gasteiger partial charge is 0.240 e. The van der Waals surface area contributed by atoms with Gasteiger partial charge in [0.05, 0.1) is 6.54 Å². The van der Waals surface area contributed by atoms with Crippen LogP contribution < -0.4 is 10.2 Å². The summed E-state index contributed by atoms with van der Waals surface area (Å²) in [6.45, 7) is 0.358. The molecule has 0 spiro atoms. The van der Waals surface area contributed by atoms with Crippen LogP contribution in [0.15, 0.2) is 24.3 Å². The molecule has 4 nitrogen and oxygen atoms in total. The van der Waals surface area contributed by atoms with Gasteiger partial charge in [-0.15, -0.1) is 0 Å². The third-order valence-corrected chi connectivity index (χ3v) is 3.49. The van der Waals surface area contributed by atoms with Gasteiger partial charge >= 0.3 is 0 Å². The molecule has 1 saturated carbocycles. The summed E-state index contributed by atoms with van der Waals surface area (Å²) in [5.41, 5.74) is 0.716. The molecule has 1 aromatic carbocycles. The number of phenols is 1. The zero-order valence-corrected chi connectivity index (χ0v) is 10.7. The van der Waals surface area contributed by atoms with E-state index in [1.165, 1.54) is 25.7 Å². The molecule has 1 aliphatic rings. The highest BCUT2D eigenvalue weighted by atomic mass is 16.3. The molecule has 0 heterocycles. The highest BCUT2D eigenvalue weighted by Gasteiger charge is 2.17. The summed E-state index contributed by atoms with van der Waals surface area (Å²) in [7, 11) is 1.73. The first-order chi connectivity index (χ1) is 8.66. The van der Waals surface area contributed by atoms with E-state index < -0.39 is 0 Å². The van der Waals surface area contributed by atoms with Crippen molar-refractivity contribution in [2.45, 2.75) is 31.7 Å². The van der Waals surface area contributed by atoms with E-state index >= 15 is 0 Å². The second kappa shape index (κ2) is 5.87. The summed E-state index contributed by atoms with van der Waals surface area (Å²) in [5, 5.41) is 12.7. The number of rotatable bonds is 4. The molecule has 1 fully saturated rings. The molecular formula is C14H20N2O2. The standard InChI is InChI=1S/C14H20N2O2/c1-16(12-7-4-8-13(17)9-12)14(18)10-15-11-5-2-3-6-11/h4,7-9,11,15,17H,2-3,5-6,10H2,1H3. The van der Waals surface area contributed by atoms with E-state index in [-0.39, 0.29) is 11.7 Å². The Kier molecular flexibility index (Phi) is 4.20. The minimum Gasteiger partial charge on any atom is -0.508 e. The third kappa shape index (κ3) is 3.23. The van der Waals surface area contributed by atoms with Crippen molar-refractivity contribution in [3.63, 3.8) is 0 Å². The van der Waals surface area contributed by atoms with Gasteiger partial charge in [-0.25, -0.2) is 0 Å². The van der Waals surface area contributed by atoms with Crippen LogP contribution in [0.2, 0.25) is 0 Å². The Labute approximate surface area is 108 Å². The normalized spacial score (nSPS) is 15.8. The average molecular weight is 248 g/mol. The molecule has 0 aromatic heterocycles. The molecule has 18 heavy (non-hydrogen) atoms. The van der Waals surface area contributed by atoms with Gasteiger partial charge in [0.15, 0.2) is 0 Å². The number of carbonyl (C=O) groups is 1. The molecule has 4 heteroatoms. The zero-order valence-electron chi connectivity index (χ0n) is 10.7. The largest absolute Gasteiger partial charge is 0.508 e. The summed E-state index contributed by atoms with van der Waals surface area (Å²) in [4.78, 5) is 13.6. The number of hydrogen-bond donors (Lipinski definition) is 2. The van der Waals surface area contributed by atoms with Gasteiger partial charge in [-0.2, -0.15) is 0 Å². The van der Waals surface area contributed by atoms with Crippen LogP contribution in [0.3, 0.4) is 0 Å². The maximum absolute atomic E-state index is 12.0. The van der Waals surface area contributed by atoms with Crippen molar-refractivity contribution in [1.82, 2.24) is 5.32 Å². The Morgan fingerprint density at radius 3 is 2.83 bits per heavy atom. The summed E-state index contributed by atoms with van der Waals surface area (Å²) in [5.74, 6) is 0.198. The SMILES string of the molecule is CN(C(=O)CNC1CCCC1)c1cccc(O)c1. The van der Waals surface area contributed by atoms with Crippen molar-refractivity contribution in [1.29, 1.82) is 0 Å². The van der Waals surface area contributed by atoms with Crippen LogP contribution in [0.4, 0.5) is 5.69 Å². The van der Waals surface area contributed by atoms with Crippen molar-refractivity contribution in [2.24, 2.45) is 0 Å². The van der Waals surface area contributed by atoms with Crippen LogP contribution in [0, 0.1) is 0 Å². The summed E-state index contributed by atoms with van der Waals surface area (Å²) < 4.78 is 0. The molecule has 1 aromatic rings. The van der Waals surface area contributed by atoms with Gasteiger partial charge < -0.3 is 15.3 Å². The second-order valence-corrected chi connectivity index (χ2v) is 4.83. The van der Waals surface area contributed by atoms with Gasteiger partial charge in [0.2, 0.25) is 5.91 Å². The Balaban J connectivity index is 1.87. The molecule has 0 radical (unpaired) electrons. The lowest BCUT2D eigenvalue weighted by molar-refractivity contribution is -0.117. The molecule has 0 bridgehead atoms. The number of carbonyl (C=O) groups excluding carboxylic acids is 1. The number of anilines is 1. The van der Waals surface area contributed by atoms with E-state index in [1.807, 2.05) is 6.07 Å². The van der Waals surface area contributed by atoms with Gasteiger partial charge in [-0.1, -0.05) is 18.9 Å². The third-order valence-electron chi connectivity index (χ3n) is 3.49. The Hall–Kier alpha value is -1.55. The maximum atomic E-state index is 12.0. The lowest BCUT2D eigenvalue weighted by Crippen LogP contribution is -2.39.